The quantitative estimate of drug-likeness (QED) is 0.839. The molecule has 2 aromatic carbocycles. The van der Waals surface area contributed by atoms with E-state index in [4.69, 9.17) is 0 Å². The van der Waals surface area contributed by atoms with Gasteiger partial charge in [0.1, 0.15) is 0 Å². The van der Waals surface area contributed by atoms with E-state index in [0.29, 0.717) is 0 Å². The minimum absolute atomic E-state index is 0.0134. The third-order valence-corrected chi connectivity index (χ3v) is 3.48. The lowest BCUT2D eigenvalue weighted by Crippen LogP contribution is -2.21. The maximum atomic E-state index is 14.0. The van der Waals surface area contributed by atoms with Crippen molar-refractivity contribution in [3.8, 4) is 0 Å². The molecule has 1 unspecified atom stereocenters. The number of hydrogen-bond donors (Lipinski definition) is 1. The van der Waals surface area contributed by atoms with Crippen LogP contribution in [0, 0.1) is 30.2 Å². The smallest absolute Gasteiger partial charge is 0.163 e. The molecule has 0 saturated carbocycles. The maximum absolute atomic E-state index is 14.0. The molecule has 1 N–H and O–H groups in total. The molecule has 2 aromatic rings. The molecule has 0 fully saturated rings. The normalized spacial score (nSPS) is 12.5. The van der Waals surface area contributed by atoms with Crippen molar-refractivity contribution < 1.29 is 17.6 Å². The molecule has 0 amide bonds. The Kier molecular flexibility index (Phi) is 4.63. The van der Waals surface area contributed by atoms with E-state index in [1.165, 1.54) is 31.2 Å². The molecule has 0 aliphatic heterocycles. The van der Waals surface area contributed by atoms with E-state index in [9.17, 15) is 17.6 Å². The van der Waals surface area contributed by atoms with Gasteiger partial charge >= 0.3 is 0 Å². The van der Waals surface area contributed by atoms with Crippen molar-refractivity contribution in [1.29, 1.82) is 0 Å². The summed E-state index contributed by atoms with van der Waals surface area (Å²) < 4.78 is 54.5. The van der Waals surface area contributed by atoms with Gasteiger partial charge < -0.3 is 5.32 Å². The predicted octanol–water partition coefficient (Wildman–Crippen LogP) is 4.05. The Bertz CT molecular complexity index is 655. The Morgan fingerprint density at radius 2 is 1.67 bits per heavy atom. The van der Waals surface area contributed by atoms with E-state index in [-0.39, 0.29) is 23.1 Å². The average molecular weight is 297 g/mol. The highest BCUT2D eigenvalue weighted by molar-refractivity contribution is 5.30. The Morgan fingerprint density at radius 3 is 2.33 bits per heavy atom. The van der Waals surface area contributed by atoms with Crippen molar-refractivity contribution in [3.05, 3.63) is 70.3 Å². The van der Waals surface area contributed by atoms with Crippen molar-refractivity contribution >= 4 is 0 Å². The summed E-state index contributed by atoms with van der Waals surface area (Å²) >= 11 is 0. The molecule has 0 radical (unpaired) electrons. The minimum Gasteiger partial charge on any atom is -0.313 e. The molecule has 2 rings (SSSR count). The van der Waals surface area contributed by atoms with Gasteiger partial charge in [-0.1, -0.05) is 24.3 Å². The van der Waals surface area contributed by atoms with Gasteiger partial charge in [0.05, 0.1) is 0 Å². The van der Waals surface area contributed by atoms with Gasteiger partial charge in [0, 0.05) is 11.6 Å². The summed E-state index contributed by atoms with van der Waals surface area (Å²) in [5, 5.41) is 2.81. The average Bonchev–Trinajstić information content (AvgIpc) is 2.47. The van der Waals surface area contributed by atoms with Crippen LogP contribution in [0.3, 0.4) is 0 Å². The first kappa shape index (κ1) is 15.5. The number of likely N-dealkylation sites (N-methyl/N-ethyl adjacent to an activating group) is 1. The molecular weight excluding hydrogens is 282 g/mol. The molecule has 0 heterocycles. The SMILES string of the molecule is CNC(Cc1cccc(F)c1F)c1ccc(C)c(F)c1F. The van der Waals surface area contributed by atoms with Gasteiger partial charge in [0.15, 0.2) is 23.3 Å². The number of aryl methyl sites for hydroxylation is 1. The minimum atomic E-state index is -0.967. The zero-order chi connectivity index (χ0) is 15.6. The fraction of sp³-hybridized carbons (Fsp3) is 0.250. The Labute approximate surface area is 120 Å². The molecule has 0 aliphatic rings. The lowest BCUT2D eigenvalue weighted by Gasteiger charge is -2.18. The van der Waals surface area contributed by atoms with Crippen LogP contribution < -0.4 is 5.32 Å². The second-order valence-corrected chi connectivity index (χ2v) is 4.86. The summed E-state index contributed by atoms with van der Waals surface area (Å²) in [4.78, 5) is 0. The van der Waals surface area contributed by atoms with Crippen LogP contribution in [-0.2, 0) is 6.42 Å². The Balaban J connectivity index is 2.37. The van der Waals surface area contributed by atoms with Gasteiger partial charge in [-0.25, -0.2) is 17.6 Å². The molecule has 1 nitrogen and oxygen atoms in total. The second kappa shape index (κ2) is 6.26. The molecule has 0 bridgehead atoms. The van der Waals surface area contributed by atoms with E-state index < -0.39 is 29.3 Å². The van der Waals surface area contributed by atoms with Crippen LogP contribution in [0.2, 0.25) is 0 Å². The van der Waals surface area contributed by atoms with Crippen molar-refractivity contribution in [2.24, 2.45) is 0 Å². The number of halogens is 4. The summed E-state index contributed by atoms with van der Waals surface area (Å²) in [6.07, 6.45) is 0.0134. The van der Waals surface area contributed by atoms with Crippen LogP contribution >= 0.6 is 0 Å². The first-order chi connectivity index (χ1) is 9.95. The van der Waals surface area contributed by atoms with Crippen LogP contribution in [0.1, 0.15) is 22.7 Å². The van der Waals surface area contributed by atoms with E-state index in [2.05, 4.69) is 5.32 Å². The monoisotopic (exact) mass is 297 g/mol. The zero-order valence-corrected chi connectivity index (χ0v) is 11.7. The molecule has 112 valence electrons. The summed E-state index contributed by atoms with van der Waals surface area (Å²) in [6.45, 7) is 1.46. The van der Waals surface area contributed by atoms with Gasteiger partial charge in [-0.2, -0.15) is 0 Å². The van der Waals surface area contributed by atoms with Crippen molar-refractivity contribution in [3.63, 3.8) is 0 Å². The van der Waals surface area contributed by atoms with E-state index in [1.807, 2.05) is 0 Å². The lowest BCUT2D eigenvalue weighted by molar-refractivity contribution is 0.459. The highest BCUT2D eigenvalue weighted by Crippen LogP contribution is 2.25. The first-order valence-electron chi connectivity index (χ1n) is 6.50. The Hall–Kier alpha value is -1.88. The summed E-state index contributed by atoms with van der Waals surface area (Å²) in [7, 11) is 1.55. The zero-order valence-electron chi connectivity index (χ0n) is 11.7. The van der Waals surface area contributed by atoms with Crippen LogP contribution in [0.25, 0.3) is 0 Å². The molecule has 1 atom stereocenters. The van der Waals surface area contributed by atoms with Crippen LogP contribution in [0.15, 0.2) is 30.3 Å². The van der Waals surface area contributed by atoms with Gasteiger partial charge in [-0.15, -0.1) is 0 Å². The fourth-order valence-corrected chi connectivity index (χ4v) is 2.22. The highest BCUT2D eigenvalue weighted by atomic mass is 19.2. The Morgan fingerprint density at radius 1 is 0.952 bits per heavy atom. The standard InChI is InChI=1S/C16H15F4N/c1-9-6-7-11(16(20)14(9)18)13(21-2)8-10-4-3-5-12(17)15(10)19/h3-7,13,21H,8H2,1-2H3. The summed E-state index contributed by atoms with van der Waals surface area (Å²) in [6, 6.07) is 6.07. The number of rotatable bonds is 4. The molecule has 0 aliphatic carbocycles. The van der Waals surface area contributed by atoms with Gasteiger partial charge in [-0.05, 0) is 37.6 Å². The van der Waals surface area contributed by atoms with Crippen LogP contribution in [-0.4, -0.2) is 7.05 Å². The molecule has 0 saturated heterocycles. The van der Waals surface area contributed by atoms with E-state index in [1.54, 1.807) is 7.05 Å². The molecule has 0 aromatic heterocycles. The second-order valence-electron chi connectivity index (χ2n) is 4.86. The highest BCUT2D eigenvalue weighted by Gasteiger charge is 2.20. The van der Waals surface area contributed by atoms with Crippen LogP contribution in [0.4, 0.5) is 17.6 Å². The van der Waals surface area contributed by atoms with Gasteiger partial charge in [-0.3, -0.25) is 0 Å². The maximum Gasteiger partial charge on any atom is 0.163 e. The summed E-state index contributed by atoms with van der Waals surface area (Å²) in [5.41, 5.74) is 0.391. The molecule has 21 heavy (non-hydrogen) atoms. The predicted molar refractivity (Wildman–Crippen MR) is 73.0 cm³/mol. The molecule has 0 spiro atoms. The number of hydrogen-bond acceptors (Lipinski definition) is 1. The lowest BCUT2D eigenvalue weighted by atomic mass is 9.97. The van der Waals surface area contributed by atoms with Crippen molar-refractivity contribution in [2.75, 3.05) is 7.05 Å². The van der Waals surface area contributed by atoms with Crippen molar-refractivity contribution in [2.45, 2.75) is 19.4 Å². The van der Waals surface area contributed by atoms with Crippen molar-refractivity contribution in [1.82, 2.24) is 5.32 Å². The summed E-state index contributed by atoms with van der Waals surface area (Å²) in [5.74, 6) is -3.82. The largest absolute Gasteiger partial charge is 0.313 e. The topological polar surface area (TPSA) is 12.0 Å². The van der Waals surface area contributed by atoms with E-state index in [0.717, 1.165) is 6.07 Å². The molecular formula is C16H15F4N. The third kappa shape index (κ3) is 3.08. The van der Waals surface area contributed by atoms with Gasteiger partial charge in [0.25, 0.3) is 0 Å². The fourth-order valence-electron chi connectivity index (χ4n) is 2.22. The van der Waals surface area contributed by atoms with Crippen LogP contribution in [0.5, 0.6) is 0 Å². The van der Waals surface area contributed by atoms with E-state index >= 15 is 0 Å². The molecule has 5 heteroatoms. The number of benzene rings is 2. The number of nitrogens with one attached hydrogen (secondary N) is 1. The third-order valence-electron chi connectivity index (χ3n) is 3.48. The van der Waals surface area contributed by atoms with Gasteiger partial charge in [0.2, 0.25) is 0 Å². The first-order valence-corrected chi connectivity index (χ1v) is 6.50.